The normalized spacial score (nSPS) is 21.6. The van der Waals surface area contributed by atoms with Gasteiger partial charge >= 0.3 is 0 Å². The summed E-state index contributed by atoms with van der Waals surface area (Å²) < 4.78 is 0. The lowest BCUT2D eigenvalue weighted by Gasteiger charge is -2.34. The molecule has 1 aromatic rings. The zero-order valence-corrected chi connectivity index (χ0v) is 11.9. The average molecular weight is 266 g/mol. The number of aromatic nitrogens is 1. The van der Waals surface area contributed by atoms with Gasteiger partial charge < -0.3 is 10.6 Å². The van der Waals surface area contributed by atoms with Gasteiger partial charge in [-0.1, -0.05) is 0 Å². The minimum atomic E-state index is 0.616. The first kappa shape index (κ1) is 12.4. The predicted molar refractivity (Wildman–Crippen MR) is 76.1 cm³/mol. The highest BCUT2D eigenvalue weighted by Crippen LogP contribution is 2.31. The number of piperazine rings is 1. The summed E-state index contributed by atoms with van der Waals surface area (Å²) >= 11 is 1.76. The maximum absolute atomic E-state index is 5.72. The van der Waals surface area contributed by atoms with Crippen molar-refractivity contribution < 1.29 is 0 Å². The van der Waals surface area contributed by atoms with E-state index in [-0.39, 0.29) is 0 Å². The zero-order chi connectivity index (χ0) is 12.5. The van der Waals surface area contributed by atoms with Gasteiger partial charge in [-0.2, -0.15) is 0 Å². The molecule has 100 valence electrons. The summed E-state index contributed by atoms with van der Waals surface area (Å²) in [4.78, 5) is 10.9. The Bertz CT molecular complexity index is 405. The van der Waals surface area contributed by atoms with Crippen LogP contribution in [-0.2, 0) is 6.54 Å². The van der Waals surface area contributed by atoms with Gasteiger partial charge in [0.15, 0.2) is 5.13 Å². The zero-order valence-electron chi connectivity index (χ0n) is 11.1. The van der Waals surface area contributed by atoms with Crippen molar-refractivity contribution in [3.8, 4) is 0 Å². The van der Waals surface area contributed by atoms with Crippen LogP contribution in [0.25, 0.3) is 0 Å². The van der Waals surface area contributed by atoms with Crippen LogP contribution in [0.3, 0.4) is 0 Å². The van der Waals surface area contributed by atoms with Crippen molar-refractivity contribution in [2.24, 2.45) is 11.7 Å². The van der Waals surface area contributed by atoms with Gasteiger partial charge in [-0.3, -0.25) is 4.90 Å². The molecule has 2 fully saturated rings. The Morgan fingerprint density at radius 1 is 1.28 bits per heavy atom. The van der Waals surface area contributed by atoms with Crippen LogP contribution < -0.4 is 10.6 Å². The molecule has 1 saturated carbocycles. The maximum Gasteiger partial charge on any atom is 0.185 e. The van der Waals surface area contributed by atoms with Crippen molar-refractivity contribution in [3.05, 3.63) is 10.6 Å². The number of anilines is 1. The summed E-state index contributed by atoms with van der Waals surface area (Å²) in [5.74, 6) is 1.00. The molecule has 0 amide bonds. The van der Waals surface area contributed by atoms with Crippen LogP contribution in [0.5, 0.6) is 0 Å². The van der Waals surface area contributed by atoms with E-state index in [1.807, 2.05) is 0 Å². The number of nitrogens with two attached hydrogens (primary N) is 1. The maximum atomic E-state index is 5.72. The van der Waals surface area contributed by atoms with Crippen molar-refractivity contribution in [1.29, 1.82) is 0 Å². The Morgan fingerprint density at radius 3 is 2.56 bits per heavy atom. The number of hydrogen-bond acceptors (Lipinski definition) is 5. The van der Waals surface area contributed by atoms with Gasteiger partial charge in [0.2, 0.25) is 0 Å². The number of thiazole rings is 1. The Morgan fingerprint density at radius 2 is 2.00 bits per heavy atom. The Balaban J connectivity index is 1.57. The third kappa shape index (κ3) is 2.68. The Hall–Kier alpha value is -0.650. The minimum absolute atomic E-state index is 0.616. The van der Waals surface area contributed by atoms with Crippen molar-refractivity contribution in [3.63, 3.8) is 0 Å². The summed E-state index contributed by atoms with van der Waals surface area (Å²) in [7, 11) is 0. The second-order valence-corrected chi connectivity index (χ2v) is 6.50. The second kappa shape index (κ2) is 5.15. The van der Waals surface area contributed by atoms with Gasteiger partial charge in [-0.05, 0) is 25.7 Å². The van der Waals surface area contributed by atoms with Gasteiger partial charge in [-0.25, -0.2) is 4.98 Å². The fraction of sp³-hybridized carbons (Fsp3) is 0.769. The highest BCUT2D eigenvalue weighted by Gasteiger charge is 2.27. The lowest BCUT2D eigenvalue weighted by molar-refractivity contribution is 0.248. The smallest absolute Gasteiger partial charge is 0.185 e. The summed E-state index contributed by atoms with van der Waals surface area (Å²) in [6.45, 7) is 8.60. The molecule has 18 heavy (non-hydrogen) atoms. The third-order valence-corrected chi connectivity index (χ3v) is 5.16. The number of rotatable bonds is 4. The molecular weight excluding hydrogens is 244 g/mol. The van der Waals surface area contributed by atoms with Gasteiger partial charge in [0, 0.05) is 44.1 Å². The molecule has 2 N–H and O–H groups in total. The average Bonchev–Trinajstić information content (AvgIpc) is 3.11. The monoisotopic (exact) mass is 266 g/mol. The summed E-state index contributed by atoms with van der Waals surface area (Å²) in [6, 6.07) is 0. The molecule has 0 radical (unpaired) electrons. The lowest BCUT2D eigenvalue weighted by Crippen LogP contribution is -2.47. The lowest BCUT2D eigenvalue weighted by atomic mass is 10.3. The van der Waals surface area contributed by atoms with Crippen LogP contribution in [0.4, 0.5) is 5.13 Å². The quantitative estimate of drug-likeness (QED) is 0.896. The molecule has 0 spiro atoms. The molecule has 4 nitrogen and oxygen atoms in total. The van der Waals surface area contributed by atoms with E-state index in [1.54, 1.807) is 11.3 Å². The molecule has 1 aliphatic heterocycles. The molecule has 0 bridgehead atoms. The minimum Gasteiger partial charge on any atom is -0.346 e. The Kier molecular flexibility index (Phi) is 3.54. The highest BCUT2D eigenvalue weighted by molar-refractivity contribution is 7.15. The molecule has 5 heteroatoms. The van der Waals surface area contributed by atoms with E-state index in [1.165, 1.54) is 42.5 Å². The van der Waals surface area contributed by atoms with E-state index in [4.69, 9.17) is 5.73 Å². The van der Waals surface area contributed by atoms with Crippen molar-refractivity contribution >= 4 is 16.5 Å². The first-order valence-corrected chi connectivity index (χ1v) is 7.71. The Labute approximate surface area is 113 Å². The molecule has 1 aromatic heterocycles. The topological polar surface area (TPSA) is 45.4 Å². The fourth-order valence-electron chi connectivity index (χ4n) is 2.52. The molecule has 3 rings (SSSR count). The molecule has 0 unspecified atom stereocenters. The van der Waals surface area contributed by atoms with Crippen LogP contribution in [0.1, 0.15) is 23.4 Å². The number of hydrogen-bond donors (Lipinski definition) is 1. The van der Waals surface area contributed by atoms with Crippen molar-refractivity contribution in [2.75, 3.05) is 37.6 Å². The fourth-order valence-corrected chi connectivity index (χ4v) is 3.52. The molecule has 1 aliphatic carbocycles. The van der Waals surface area contributed by atoms with Crippen molar-refractivity contribution in [2.45, 2.75) is 26.3 Å². The molecule has 2 heterocycles. The van der Waals surface area contributed by atoms with Crippen LogP contribution in [0, 0.1) is 12.8 Å². The van der Waals surface area contributed by atoms with Crippen LogP contribution in [0.2, 0.25) is 0 Å². The predicted octanol–water partition coefficient (Wildman–Crippen LogP) is 1.44. The highest BCUT2D eigenvalue weighted by atomic mass is 32.1. The molecular formula is C13H22N4S. The van der Waals surface area contributed by atoms with E-state index in [0.29, 0.717) is 6.54 Å². The van der Waals surface area contributed by atoms with Gasteiger partial charge in [-0.15, -0.1) is 11.3 Å². The van der Waals surface area contributed by atoms with Crippen LogP contribution in [-0.4, -0.2) is 42.6 Å². The van der Waals surface area contributed by atoms with E-state index in [2.05, 4.69) is 21.7 Å². The number of nitrogens with zero attached hydrogens (tertiary/aromatic N) is 3. The molecule has 0 aromatic carbocycles. The van der Waals surface area contributed by atoms with E-state index < -0.39 is 0 Å². The summed E-state index contributed by atoms with van der Waals surface area (Å²) in [5.41, 5.74) is 6.83. The third-order valence-electron chi connectivity index (χ3n) is 3.92. The summed E-state index contributed by atoms with van der Waals surface area (Å²) in [5, 5.41) is 1.17. The van der Waals surface area contributed by atoms with E-state index >= 15 is 0 Å². The van der Waals surface area contributed by atoms with Crippen LogP contribution in [0.15, 0.2) is 0 Å². The molecule has 0 atom stereocenters. The van der Waals surface area contributed by atoms with E-state index in [0.717, 1.165) is 24.7 Å². The van der Waals surface area contributed by atoms with E-state index in [9.17, 15) is 0 Å². The number of aryl methyl sites for hydroxylation is 1. The summed E-state index contributed by atoms with van der Waals surface area (Å²) in [6.07, 6.45) is 2.90. The van der Waals surface area contributed by atoms with Crippen molar-refractivity contribution in [1.82, 2.24) is 9.88 Å². The van der Waals surface area contributed by atoms with Gasteiger partial charge in [0.25, 0.3) is 0 Å². The second-order valence-electron chi connectivity index (χ2n) is 5.44. The SMILES string of the molecule is Cc1nc(N2CCN(CC3CC3)CC2)sc1CN. The molecule has 1 saturated heterocycles. The molecule has 2 aliphatic rings. The first-order chi connectivity index (χ1) is 8.76. The van der Waals surface area contributed by atoms with Gasteiger partial charge in [0.05, 0.1) is 5.69 Å². The first-order valence-electron chi connectivity index (χ1n) is 6.90. The van der Waals surface area contributed by atoms with Gasteiger partial charge in [0.1, 0.15) is 0 Å². The largest absolute Gasteiger partial charge is 0.346 e. The van der Waals surface area contributed by atoms with Crippen LogP contribution >= 0.6 is 11.3 Å². The standard InChI is InChI=1S/C13H22N4S/c1-10-12(8-14)18-13(15-10)17-6-4-16(5-7-17)9-11-2-3-11/h11H,2-9,14H2,1H3.